The molecule has 0 atom stereocenters. The van der Waals surface area contributed by atoms with Crippen molar-refractivity contribution in [2.45, 2.75) is 6.92 Å². The zero-order valence-corrected chi connectivity index (χ0v) is 19.8. The van der Waals surface area contributed by atoms with Gasteiger partial charge in [-0.2, -0.15) is 20.1 Å². The lowest BCUT2D eigenvalue weighted by atomic mass is 10.2. The van der Waals surface area contributed by atoms with Crippen LogP contribution in [-0.4, -0.2) is 71.8 Å². The van der Waals surface area contributed by atoms with Crippen molar-refractivity contribution in [1.29, 1.82) is 0 Å². The molecule has 1 aliphatic rings. The van der Waals surface area contributed by atoms with Crippen LogP contribution in [0, 0.1) is 0 Å². The molecule has 2 heterocycles. The molecular weight excluding hydrogens is 466 g/mol. The number of ether oxygens (including phenoxy) is 3. The number of hydrogen-bond acceptors (Lipinski definition) is 11. The quantitative estimate of drug-likeness (QED) is 0.268. The van der Waals surface area contributed by atoms with Crippen LogP contribution in [0.15, 0.2) is 53.6 Å². The Kier molecular flexibility index (Phi) is 8.44. The topological polar surface area (TPSA) is 143 Å². The van der Waals surface area contributed by atoms with E-state index in [9.17, 15) is 4.79 Å². The maximum atomic E-state index is 10.8. The van der Waals surface area contributed by atoms with E-state index in [4.69, 9.17) is 19.3 Å². The molecule has 12 heteroatoms. The van der Waals surface area contributed by atoms with Gasteiger partial charge in [0.2, 0.25) is 17.8 Å². The maximum Gasteiger partial charge on any atom is 0.341 e. The molecule has 12 nitrogen and oxygen atoms in total. The van der Waals surface area contributed by atoms with E-state index in [0.717, 1.165) is 5.69 Å². The lowest BCUT2D eigenvalue weighted by molar-refractivity contribution is -0.139. The molecule has 0 aliphatic carbocycles. The summed E-state index contributed by atoms with van der Waals surface area (Å²) in [5, 5.41) is 16.3. The minimum Gasteiger partial charge on any atom is -0.490 e. The van der Waals surface area contributed by atoms with Crippen LogP contribution < -0.4 is 25.1 Å². The molecule has 0 unspecified atom stereocenters. The normalized spacial score (nSPS) is 13.4. The molecule has 0 amide bonds. The summed E-state index contributed by atoms with van der Waals surface area (Å²) < 4.78 is 16.3. The van der Waals surface area contributed by atoms with E-state index in [1.807, 2.05) is 42.2 Å². The van der Waals surface area contributed by atoms with Gasteiger partial charge in [0.1, 0.15) is 0 Å². The SMILES string of the molecule is CCOc1cc(/C=N/Nc2nc(Nc3ccccc3)nc(N3CCOCC3)n2)ccc1OCC(=O)O. The summed E-state index contributed by atoms with van der Waals surface area (Å²) in [4.78, 5) is 26.4. The molecule has 0 radical (unpaired) electrons. The van der Waals surface area contributed by atoms with Crippen LogP contribution in [0.25, 0.3) is 0 Å². The van der Waals surface area contributed by atoms with Crippen LogP contribution in [-0.2, 0) is 9.53 Å². The number of carboxylic acid groups (broad SMARTS) is 1. The number of aromatic nitrogens is 3. The molecule has 188 valence electrons. The van der Waals surface area contributed by atoms with Crippen LogP contribution in [0.3, 0.4) is 0 Å². The second-order valence-corrected chi connectivity index (χ2v) is 7.56. The zero-order valence-electron chi connectivity index (χ0n) is 19.8. The highest BCUT2D eigenvalue weighted by atomic mass is 16.5. The first kappa shape index (κ1) is 24.7. The fourth-order valence-corrected chi connectivity index (χ4v) is 3.32. The Morgan fingerprint density at radius 1 is 1.08 bits per heavy atom. The molecule has 0 saturated carbocycles. The molecule has 1 aromatic heterocycles. The Morgan fingerprint density at radius 3 is 2.61 bits per heavy atom. The van der Waals surface area contributed by atoms with Crippen molar-refractivity contribution in [3.8, 4) is 11.5 Å². The number of aliphatic carboxylic acids is 1. The highest BCUT2D eigenvalue weighted by Gasteiger charge is 2.17. The number of rotatable bonds is 11. The zero-order chi connectivity index (χ0) is 25.2. The largest absolute Gasteiger partial charge is 0.490 e. The Hall–Kier alpha value is -4.45. The van der Waals surface area contributed by atoms with Crippen molar-refractivity contribution in [3.63, 3.8) is 0 Å². The van der Waals surface area contributed by atoms with Gasteiger partial charge in [0.25, 0.3) is 0 Å². The van der Waals surface area contributed by atoms with Crippen molar-refractivity contribution in [1.82, 2.24) is 15.0 Å². The third kappa shape index (κ3) is 7.03. The highest BCUT2D eigenvalue weighted by Crippen LogP contribution is 2.28. The number of carboxylic acids is 1. The van der Waals surface area contributed by atoms with Crippen molar-refractivity contribution < 1.29 is 24.1 Å². The van der Waals surface area contributed by atoms with Crippen LogP contribution >= 0.6 is 0 Å². The summed E-state index contributed by atoms with van der Waals surface area (Å²) in [6.07, 6.45) is 1.58. The van der Waals surface area contributed by atoms with Gasteiger partial charge in [-0.3, -0.25) is 0 Å². The molecule has 36 heavy (non-hydrogen) atoms. The highest BCUT2D eigenvalue weighted by molar-refractivity contribution is 5.81. The fourth-order valence-electron chi connectivity index (χ4n) is 3.32. The second-order valence-electron chi connectivity index (χ2n) is 7.56. The van der Waals surface area contributed by atoms with Crippen molar-refractivity contribution in [2.75, 3.05) is 55.2 Å². The molecule has 0 spiro atoms. The van der Waals surface area contributed by atoms with Crippen LogP contribution in [0.5, 0.6) is 11.5 Å². The minimum absolute atomic E-state index is 0.271. The smallest absolute Gasteiger partial charge is 0.341 e. The molecule has 3 N–H and O–H groups in total. The summed E-state index contributed by atoms with van der Waals surface area (Å²) >= 11 is 0. The van der Waals surface area contributed by atoms with Gasteiger partial charge in [-0.25, -0.2) is 10.2 Å². The first-order valence-corrected chi connectivity index (χ1v) is 11.4. The average Bonchev–Trinajstić information content (AvgIpc) is 2.89. The Balaban J connectivity index is 1.52. The monoisotopic (exact) mass is 493 g/mol. The van der Waals surface area contributed by atoms with Gasteiger partial charge in [0, 0.05) is 18.8 Å². The van der Waals surface area contributed by atoms with E-state index < -0.39 is 12.6 Å². The molecule has 0 bridgehead atoms. The molecule has 2 aromatic carbocycles. The van der Waals surface area contributed by atoms with Gasteiger partial charge in [0.05, 0.1) is 26.0 Å². The molecule has 1 fully saturated rings. The summed E-state index contributed by atoms with van der Waals surface area (Å²) in [6, 6.07) is 14.7. The average molecular weight is 494 g/mol. The van der Waals surface area contributed by atoms with Gasteiger partial charge < -0.3 is 29.5 Å². The van der Waals surface area contributed by atoms with Crippen LogP contribution in [0.4, 0.5) is 23.5 Å². The van der Waals surface area contributed by atoms with E-state index >= 15 is 0 Å². The fraction of sp³-hybridized carbons (Fsp3) is 0.292. The Bertz CT molecular complexity index is 1190. The Morgan fingerprint density at radius 2 is 1.86 bits per heavy atom. The number of hydrogen-bond donors (Lipinski definition) is 3. The lowest BCUT2D eigenvalue weighted by Crippen LogP contribution is -2.37. The number of hydrazone groups is 1. The van der Waals surface area contributed by atoms with E-state index in [1.54, 1.807) is 24.4 Å². The van der Waals surface area contributed by atoms with Gasteiger partial charge in [-0.15, -0.1) is 0 Å². The lowest BCUT2D eigenvalue weighted by Gasteiger charge is -2.27. The predicted octanol–water partition coefficient (Wildman–Crippen LogP) is 2.76. The standard InChI is InChI=1S/C24H27N7O5/c1-2-35-20-14-17(8-9-19(20)36-16-21(32)33)15-25-30-23-27-22(26-18-6-4-3-5-7-18)28-24(29-23)31-10-12-34-13-11-31/h3-9,14-15H,2,10-13,16H2,1H3,(H,32,33)(H2,26,27,28,29,30)/b25-15+. The minimum atomic E-state index is -1.07. The summed E-state index contributed by atoms with van der Waals surface area (Å²) in [6.45, 7) is 4.32. The van der Waals surface area contributed by atoms with Crippen LogP contribution in [0.1, 0.15) is 12.5 Å². The molecule has 1 saturated heterocycles. The number of para-hydroxylation sites is 1. The molecule has 4 rings (SSSR count). The predicted molar refractivity (Wildman–Crippen MR) is 135 cm³/mol. The van der Waals surface area contributed by atoms with E-state index in [-0.39, 0.29) is 5.95 Å². The molecule has 1 aliphatic heterocycles. The number of anilines is 4. The van der Waals surface area contributed by atoms with Crippen molar-refractivity contribution >= 4 is 35.7 Å². The molecule has 3 aromatic rings. The Labute approximate surface area is 208 Å². The number of carbonyl (C=O) groups is 1. The third-order valence-corrected chi connectivity index (χ3v) is 4.94. The van der Waals surface area contributed by atoms with Gasteiger partial charge >= 0.3 is 5.97 Å². The van der Waals surface area contributed by atoms with E-state index in [1.165, 1.54) is 0 Å². The summed E-state index contributed by atoms with van der Waals surface area (Å²) in [5.41, 5.74) is 4.42. The summed E-state index contributed by atoms with van der Waals surface area (Å²) in [7, 11) is 0. The van der Waals surface area contributed by atoms with E-state index in [2.05, 4.69) is 30.8 Å². The third-order valence-electron chi connectivity index (χ3n) is 4.94. The maximum absolute atomic E-state index is 10.8. The molecular formula is C24H27N7O5. The van der Waals surface area contributed by atoms with Crippen LogP contribution in [0.2, 0.25) is 0 Å². The van der Waals surface area contributed by atoms with E-state index in [0.29, 0.717) is 61.9 Å². The number of nitrogens with zero attached hydrogens (tertiary/aromatic N) is 5. The van der Waals surface area contributed by atoms with Gasteiger partial charge in [0.15, 0.2) is 18.1 Å². The number of morpholine rings is 1. The second kappa shape index (κ2) is 12.3. The first-order valence-electron chi connectivity index (χ1n) is 11.4. The van der Waals surface area contributed by atoms with Crippen molar-refractivity contribution in [2.24, 2.45) is 5.10 Å². The van der Waals surface area contributed by atoms with Gasteiger partial charge in [-0.05, 0) is 42.8 Å². The summed E-state index contributed by atoms with van der Waals surface area (Å²) in [5.74, 6) is 0.868. The first-order chi connectivity index (χ1) is 17.6. The number of nitrogens with one attached hydrogen (secondary N) is 2. The number of benzene rings is 2. The van der Waals surface area contributed by atoms with Gasteiger partial charge in [-0.1, -0.05) is 18.2 Å². The van der Waals surface area contributed by atoms with Crippen molar-refractivity contribution in [3.05, 3.63) is 54.1 Å².